The van der Waals surface area contributed by atoms with E-state index < -0.39 is 0 Å². The third kappa shape index (κ3) is 3.04. The van der Waals surface area contributed by atoms with Gasteiger partial charge in [0, 0.05) is 22.2 Å². The average molecular weight is 465 g/mol. The lowest BCUT2D eigenvalue weighted by atomic mass is 9.82. The van der Waals surface area contributed by atoms with E-state index in [-0.39, 0.29) is 5.41 Å². The Hall–Kier alpha value is -4.57. The smallest absolute Gasteiger partial charge is 0.182 e. The van der Waals surface area contributed by atoms with Gasteiger partial charge in [-0.3, -0.25) is 4.57 Å². The van der Waals surface area contributed by atoms with E-state index in [1.54, 1.807) is 0 Å². The standard InChI is InChI=1S/C32H24N4/c1-32(2)26-16-10-9-15-24(26)25-18-17-23(19-27(25)32)36-20-33-31-29(36)28(21-11-5-3-6-12-21)34-30(35-31)22-13-7-4-8-14-22/h3-20H,1-2H3. The minimum absolute atomic E-state index is 0.0719. The maximum atomic E-state index is 5.06. The highest BCUT2D eigenvalue weighted by Gasteiger charge is 2.35. The van der Waals surface area contributed by atoms with Crippen molar-refractivity contribution in [3.8, 4) is 39.5 Å². The molecule has 0 N–H and O–H groups in total. The Morgan fingerprint density at radius 1 is 0.639 bits per heavy atom. The normalized spacial score (nSPS) is 13.5. The Kier molecular flexibility index (Phi) is 4.45. The van der Waals surface area contributed by atoms with E-state index in [0.717, 1.165) is 28.0 Å². The van der Waals surface area contributed by atoms with Crippen LogP contribution >= 0.6 is 0 Å². The summed E-state index contributed by atoms with van der Waals surface area (Å²) in [5, 5.41) is 0. The number of rotatable bonds is 3. The molecule has 0 saturated carbocycles. The summed E-state index contributed by atoms with van der Waals surface area (Å²) in [5.41, 5.74) is 10.8. The van der Waals surface area contributed by atoms with Gasteiger partial charge in [0.25, 0.3) is 0 Å². The molecule has 0 aliphatic heterocycles. The number of aromatic nitrogens is 4. The van der Waals surface area contributed by atoms with Crippen LogP contribution in [0.4, 0.5) is 0 Å². The zero-order valence-electron chi connectivity index (χ0n) is 20.2. The second-order valence-electron chi connectivity index (χ2n) is 9.82. The van der Waals surface area contributed by atoms with E-state index in [1.807, 2.05) is 54.9 Å². The first-order valence-electron chi connectivity index (χ1n) is 12.2. The Labute approximate surface area is 210 Å². The molecule has 2 aromatic heterocycles. The zero-order valence-corrected chi connectivity index (χ0v) is 20.2. The van der Waals surface area contributed by atoms with Crippen LogP contribution in [0.5, 0.6) is 0 Å². The lowest BCUT2D eigenvalue weighted by molar-refractivity contribution is 0.660. The van der Waals surface area contributed by atoms with Gasteiger partial charge in [-0.05, 0) is 34.4 Å². The van der Waals surface area contributed by atoms with Crippen LogP contribution in [0.1, 0.15) is 25.0 Å². The third-order valence-electron chi connectivity index (χ3n) is 7.33. The van der Waals surface area contributed by atoms with Crippen LogP contribution in [0.15, 0.2) is 109 Å². The number of imidazole rings is 1. The topological polar surface area (TPSA) is 43.6 Å². The number of nitrogens with zero attached hydrogens (tertiary/aromatic N) is 4. The Balaban J connectivity index is 1.46. The van der Waals surface area contributed by atoms with Gasteiger partial charge in [-0.15, -0.1) is 0 Å². The molecule has 4 nitrogen and oxygen atoms in total. The van der Waals surface area contributed by atoms with Gasteiger partial charge in [0.15, 0.2) is 11.5 Å². The molecule has 0 radical (unpaired) electrons. The fourth-order valence-electron chi connectivity index (χ4n) is 5.48. The molecular formula is C32H24N4. The number of fused-ring (bicyclic) bond motifs is 4. The first-order valence-corrected chi connectivity index (χ1v) is 12.2. The van der Waals surface area contributed by atoms with Crippen LogP contribution in [0.3, 0.4) is 0 Å². The van der Waals surface area contributed by atoms with E-state index in [1.165, 1.54) is 22.3 Å². The van der Waals surface area contributed by atoms with Crippen molar-refractivity contribution in [1.29, 1.82) is 0 Å². The number of benzene rings is 4. The van der Waals surface area contributed by atoms with Crippen molar-refractivity contribution in [2.24, 2.45) is 0 Å². The van der Waals surface area contributed by atoms with Crippen molar-refractivity contribution >= 4 is 11.2 Å². The molecule has 0 fully saturated rings. The highest BCUT2D eigenvalue weighted by atomic mass is 15.1. The van der Waals surface area contributed by atoms with Gasteiger partial charge in [-0.2, -0.15) is 0 Å². The van der Waals surface area contributed by atoms with Gasteiger partial charge in [0.1, 0.15) is 17.5 Å². The molecule has 4 heteroatoms. The molecule has 6 aromatic rings. The van der Waals surface area contributed by atoms with Crippen LogP contribution in [-0.2, 0) is 5.41 Å². The summed E-state index contributed by atoms with van der Waals surface area (Å²) in [7, 11) is 0. The second-order valence-corrected chi connectivity index (χ2v) is 9.82. The fourth-order valence-corrected chi connectivity index (χ4v) is 5.48. The quantitative estimate of drug-likeness (QED) is 0.273. The van der Waals surface area contributed by atoms with E-state index in [2.05, 4.69) is 73.0 Å². The minimum Gasteiger partial charge on any atom is -0.295 e. The van der Waals surface area contributed by atoms with Gasteiger partial charge in [-0.1, -0.05) is 105 Å². The van der Waals surface area contributed by atoms with Gasteiger partial charge in [0.2, 0.25) is 0 Å². The molecule has 1 aliphatic rings. The zero-order chi connectivity index (χ0) is 24.3. The summed E-state index contributed by atoms with van der Waals surface area (Å²) in [6.45, 7) is 4.61. The molecule has 1 aliphatic carbocycles. The highest BCUT2D eigenvalue weighted by Crippen LogP contribution is 2.49. The summed E-state index contributed by atoms with van der Waals surface area (Å²) >= 11 is 0. The van der Waals surface area contributed by atoms with Gasteiger partial charge >= 0.3 is 0 Å². The summed E-state index contributed by atoms with van der Waals surface area (Å²) in [6.07, 6.45) is 1.87. The monoisotopic (exact) mass is 464 g/mol. The lowest BCUT2D eigenvalue weighted by Gasteiger charge is -2.22. The van der Waals surface area contributed by atoms with E-state index in [4.69, 9.17) is 15.0 Å². The van der Waals surface area contributed by atoms with Crippen molar-refractivity contribution in [2.75, 3.05) is 0 Å². The number of hydrogen-bond donors (Lipinski definition) is 0. The molecule has 36 heavy (non-hydrogen) atoms. The molecule has 2 heterocycles. The highest BCUT2D eigenvalue weighted by molar-refractivity contribution is 5.91. The molecule has 7 rings (SSSR count). The molecular weight excluding hydrogens is 440 g/mol. The predicted octanol–water partition coefficient (Wildman–Crippen LogP) is 7.46. The second kappa shape index (κ2) is 7.72. The van der Waals surface area contributed by atoms with Crippen LogP contribution in [0.2, 0.25) is 0 Å². The first-order chi connectivity index (χ1) is 17.6. The van der Waals surface area contributed by atoms with Crippen LogP contribution in [0.25, 0.3) is 50.6 Å². The first kappa shape index (κ1) is 20.8. The van der Waals surface area contributed by atoms with Gasteiger partial charge < -0.3 is 0 Å². The van der Waals surface area contributed by atoms with Crippen molar-refractivity contribution < 1.29 is 0 Å². The van der Waals surface area contributed by atoms with Crippen molar-refractivity contribution in [3.05, 3.63) is 121 Å². The Morgan fingerprint density at radius 3 is 2.08 bits per heavy atom. The van der Waals surface area contributed by atoms with Crippen LogP contribution < -0.4 is 0 Å². The molecule has 0 spiro atoms. The van der Waals surface area contributed by atoms with Crippen molar-refractivity contribution in [3.63, 3.8) is 0 Å². The van der Waals surface area contributed by atoms with Gasteiger partial charge in [-0.25, -0.2) is 15.0 Å². The minimum atomic E-state index is -0.0719. The van der Waals surface area contributed by atoms with Crippen molar-refractivity contribution in [2.45, 2.75) is 19.3 Å². The number of hydrogen-bond acceptors (Lipinski definition) is 3. The Morgan fingerprint density at radius 2 is 1.31 bits per heavy atom. The lowest BCUT2D eigenvalue weighted by Crippen LogP contribution is -2.15. The van der Waals surface area contributed by atoms with Gasteiger partial charge in [0.05, 0.1) is 0 Å². The largest absolute Gasteiger partial charge is 0.295 e. The third-order valence-corrected chi connectivity index (χ3v) is 7.33. The molecule has 0 atom stereocenters. The Bertz CT molecular complexity index is 1750. The summed E-state index contributed by atoms with van der Waals surface area (Å²) < 4.78 is 2.13. The average Bonchev–Trinajstić information content (AvgIpc) is 3.46. The fraction of sp³-hybridized carbons (Fsp3) is 0.0938. The summed E-state index contributed by atoms with van der Waals surface area (Å²) in [6, 6.07) is 35.8. The molecule has 0 saturated heterocycles. The predicted molar refractivity (Wildman–Crippen MR) is 145 cm³/mol. The molecule has 0 bridgehead atoms. The molecule has 0 amide bonds. The molecule has 0 unspecified atom stereocenters. The van der Waals surface area contributed by atoms with E-state index in [9.17, 15) is 0 Å². The maximum Gasteiger partial charge on any atom is 0.182 e. The maximum absolute atomic E-state index is 5.06. The summed E-state index contributed by atoms with van der Waals surface area (Å²) in [4.78, 5) is 14.7. The molecule has 172 valence electrons. The van der Waals surface area contributed by atoms with Crippen molar-refractivity contribution in [1.82, 2.24) is 19.5 Å². The van der Waals surface area contributed by atoms with E-state index >= 15 is 0 Å². The molecule has 4 aromatic carbocycles. The SMILES string of the molecule is CC1(C)c2ccccc2-c2ccc(-n3cnc4nc(-c5ccccc5)nc(-c5ccccc5)c43)cc21. The van der Waals surface area contributed by atoms with Crippen LogP contribution in [0, 0.1) is 0 Å². The van der Waals surface area contributed by atoms with Crippen LogP contribution in [-0.4, -0.2) is 19.5 Å². The summed E-state index contributed by atoms with van der Waals surface area (Å²) in [5.74, 6) is 0.678. The van der Waals surface area contributed by atoms with E-state index in [0.29, 0.717) is 11.5 Å².